The Morgan fingerprint density at radius 1 is 1.33 bits per heavy atom. The van der Waals surface area contributed by atoms with Crippen molar-refractivity contribution in [2.24, 2.45) is 5.73 Å². The van der Waals surface area contributed by atoms with E-state index in [1.165, 1.54) is 13.8 Å². The number of nitrogens with zero attached hydrogens (tertiary/aromatic N) is 1. The molecule has 1 aliphatic rings. The molecule has 1 aliphatic heterocycles. The Morgan fingerprint density at radius 2 is 1.96 bits per heavy atom. The van der Waals surface area contributed by atoms with Crippen molar-refractivity contribution in [2.45, 2.75) is 25.9 Å². The standard InChI is InChI=1S/C17H13F5N2O3/c1-3-26-16(25)13-7(2)27-15(24)9(6-23)14(13)8-4-10(17(20,21)22)12(19)5-11(8)18/h4-5,14H,3,24H2,1-2H3. The molecule has 0 saturated carbocycles. The van der Waals surface area contributed by atoms with Crippen LogP contribution in [0.3, 0.4) is 0 Å². The van der Waals surface area contributed by atoms with E-state index in [0.29, 0.717) is 0 Å². The van der Waals surface area contributed by atoms with E-state index in [0.717, 1.165) is 0 Å². The third-order valence-electron chi connectivity index (χ3n) is 3.80. The van der Waals surface area contributed by atoms with E-state index in [1.807, 2.05) is 0 Å². The molecule has 2 rings (SSSR count). The van der Waals surface area contributed by atoms with Crippen molar-refractivity contribution < 1.29 is 36.2 Å². The summed E-state index contributed by atoms with van der Waals surface area (Å²) in [6, 6.07) is 1.84. The number of ether oxygens (including phenoxy) is 2. The van der Waals surface area contributed by atoms with E-state index in [4.69, 9.17) is 15.2 Å². The van der Waals surface area contributed by atoms with Crippen LogP contribution in [0.4, 0.5) is 22.0 Å². The number of alkyl halides is 3. The Hall–Kier alpha value is -3.09. The molecular weight excluding hydrogens is 375 g/mol. The number of nitriles is 1. The van der Waals surface area contributed by atoms with Crippen molar-refractivity contribution in [3.63, 3.8) is 0 Å². The van der Waals surface area contributed by atoms with Crippen molar-refractivity contribution in [1.82, 2.24) is 0 Å². The Balaban J connectivity index is 2.79. The van der Waals surface area contributed by atoms with Crippen LogP contribution in [-0.4, -0.2) is 12.6 Å². The summed E-state index contributed by atoms with van der Waals surface area (Å²) in [5, 5.41) is 9.32. The molecule has 0 radical (unpaired) electrons. The first-order valence-electron chi connectivity index (χ1n) is 7.54. The third-order valence-corrected chi connectivity index (χ3v) is 3.80. The Kier molecular flexibility index (Phi) is 5.44. The van der Waals surface area contributed by atoms with Crippen LogP contribution in [0.5, 0.6) is 0 Å². The van der Waals surface area contributed by atoms with Gasteiger partial charge in [0.25, 0.3) is 0 Å². The first-order chi connectivity index (χ1) is 12.5. The van der Waals surface area contributed by atoms with Crippen LogP contribution in [0.1, 0.15) is 30.9 Å². The van der Waals surface area contributed by atoms with E-state index in [1.54, 1.807) is 6.07 Å². The van der Waals surface area contributed by atoms with Gasteiger partial charge in [0.2, 0.25) is 5.88 Å². The summed E-state index contributed by atoms with van der Waals surface area (Å²) < 4.78 is 77.0. The Morgan fingerprint density at radius 3 is 2.48 bits per heavy atom. The molecule has 0 saturated heterocycles. The average molecular weight is 388 g/mol. The number of rotatable bonds is 3. The quantitative estimate of drug-likeness (QED) is 0.631. The van der Waals surface area contributed by atoms with Crippen molar-refractivity contribution in [1.29, 1.82) is 5.26 Å². The molecule has 27 heavy (non-hydrogen) atoms. The highest BCUT2D eigenvalue weighted by atomic mass is 19.4. The molecule has 0 aliphatic carbocycles. The molecule has 0 fully saturated rings. The summed E-state index contributed by atoms with van der Waals surface area (Å²) in [4.78, 5) is 12.3. The lowest BCUT2D eigenvalue weighted by atomic mass is 9.82. The number of hydrogen-bond acceptors (Lipinski definition) is 5. The minimum absolute atomic E-state index is 0.0386. The molecule has 1 aromatic rings. The second-order valence-electron chi connectivity index (χ2n) is 5.47. The number of nitrogens with two attached hydrogens (primary N) is 1. The maximum atomic E-state index is 14.4. The summed E-state index contributed by atoms with van der Waals surface area (Å²) in [5.41, 5.74) is 2.17. The summed E-state index contributed by atoms with van der Waals surface area (Å²) in [5.74, 6) is -6.58. The maximum Gasteiger partial charge on any atom is 0.419 e. The minimum Gasteiger partial charge on any atom is -0.463 e. The lowest BCUT2D eigenvalue weighted by Gasteiger charge is -2.27. The number of esters is 1. The third kappa shape index (κ3) is 3.72. The van der Waals surface area contributed by atoms with Gasteiger partial charge in [-0.3, -0.25) is 0 Å². The molecule has 0 bridgehead atoms. The fraction of sp³-hybridized carbons (Fsp3) is 0.294. The number of hydrogen-bond donors (Lipinski definition) is 1. The van der Waals surface area contributed by atoms with Gasteiger partial charge in [-0.25, -0.2) is 13.6 Å². The predicted octanol–water partition coefficient (Wildman–Crippen LogP) is 3.63. The van der Waals surface area contributed by atoms with Gasteiger partial charge in [-0.2, -0.15) is 18.4 Å². The van der Waals surface area contributed by atoms with E-state index < -0.39 is 57.9 Å². The second-order valence-corrected chi connectivity index (χ2v) is 5.47. The first-order valence-corrected chi connectivity index (χ1v) is 7.54. The van der Waals surface area contributed by atoms with Gasteiger partial charge in [0.05, 0.1) is 23.7 Å². The zero-order valence-electron chi connectivity index (χ0n) is 14.1. The molecule has 1 heterocycles. The van der Waals surface area contributed by atoms with Crippen LogP contribution >= 0.6 is 0 Å². The van der Waals surface area contributed by atoms with Gasteiger partial charge in [0, 0.05) is 11.6 Å². The molecule has 144 valence electrons. The van der Waals surface area contributed by atoms with Crippen molar-refractivity contribution in [3.05, 3.63) is 57.7 Å². The molecule has 10 heteroatoms. The van der Waals surface area contributed by atoms with Crippen LogP contribution in [0.25, 0.3) is 0 Å². The smallest absolute Gasteiger partial charge is 0.419 e. The second kappa shape index (κ2) is 7.26. The summed E-state index contributed by atoms with van der Waals surface area (Å²) in [7, 11) is 0. The monoisotopic (exact) mass is 388 g/mol. The molecule has 0 amide bonds. The lowest BCUT2D eigenvalue weighted by Crippen LogP contribution is -2.26. The van der Waals surface area contributed by atoms with Gasteiger partial charge in [0.15, 0.2) is 0 Å². The Labute approximate surface area is 150 Å². The van der Waals surface area contributed by atoms with Gasteiger partial charge in [0.1, 0.15) is 29.0 Å². The number of carbonyl (C=O) groups is 1. The highest BCUT2D eigenvalue weighted by Crippen LogP contribution is 2.43. The van der Waals surface area contributed by atoms with Crippen LogP contribution in [-0.2, 0) is 20.4 Å². The van der Waals surface area contributed by atoms with Crippen molar-refractivity contribution in [3.8, 4) is 6.07 Å². The summed E-state index contributed by atoms with van der Waals surface area (Å²) in [6.45, 7) is 2.64. The normalized spacial score (nSPS) is 17.5. The van der Waals surface area contributed by atoms with Crippen LogP contribution in [0.2, 0.25) is 0 Å². The zero-order valence-corrected chi connectivity index (χ0v) is 14.1. The van der Waals surface area contributed by atoms with Crippen molar-refractivity contribution in [2.75, 3.05) is 6.61 Å². The molecule has 1 unspecified atom stereocenters. The van der Waals surface area contributed by atoms with Crippen LogP contribution < -0.4 is 5.73 Å². The van der Waals surface area contributed by atoms with Crippen molar-refractivity contribution >= 4 is 5.97 Å². The Bertz CT molecular complexity index is 897. The fourth-order valence-corrected chi connectivity index (χ4v) is 2.67. The SMILES string of the molecule is CCOC(=O)C1=C(C)OC(N)=C(C#N)C1c1cc(C(F)(F)F)c(F)cc1F. The molecule has 1 atom stereocenters. The van der Waals surface area contributed by atoms with Gasteiger partial charge < -0.3 is 15.2 Å². The number of benzene rings is 1. The van der Waals surface area contributed by atoms with Crippen LogP contribution in [0, 0.1) is 23.0 Å². The lowest BCUT2D eigenvalue weighted by molar-refractivity contribution is -0.140. The summed E-state index contributed by atoms with van der Waals surface area (Å²) >= 11 is 0. The van der Waals surface area contributed by atoms with E-state index in [-0.39, 0.29) is 24.5 Å². The van der Waals surface area contributed by atoms with Gasteiger partial charge >= 0.3 is 12.1 Å². The number of allylic oxidation sites excluding steroid dienone is 2. The van der Waals surface area contributed by atoms with Gasteiger partial charge in [-0.05, 0) is 19.9 Å². The highest BCUT2D eigenvalue weighted by molar-refractivity contribution is 5.92. The van der Waals surface area contributed by atoms with E-state index >= 15 is 0 Å². The van der Waals surface area contributed by atoms with Gasteiger partial charge in [-0.1, -0.05) is 0 Å². The molecule has 5 nitrogen and oxygen atoms in total. The molecule has 0 spiro atoms. The maximum absolute atomic E-state index is 14.4. The van der Waals surface area contributed by atoms with Gasteiger partial charge in [-0.15, -0.1) is 0 Å². The fourth-order valence-electron chi connectivity index (χ4n) is 2.67. The van der Waals surface area contributed by atoms with E-state index in [9.17, 15) is 32.0 Å². The minimum atomic E-state index is -5.12. The molecular formula is C17H13F5N2O3. The summed E-state index contributed by atoms with van der Waals surface area (Å²) in [6.07, 6.45) is -5.12. The zero-order chi connectivity index (χ0) is 20.5. The largest absolute Gasteiger partial charge is 0.463 e. The first kappa shape index (κ1) is 20.2. The number of carbonyl (C=O) groups excluding carboxylic acids is 1. The topological polar surface area (TPSA) is 85.3 Å². The molecule has 1 aromatic carbocycles. The van der Waals surface area contributed by atoms with E-state index in [2.05, 4.69) is 0 Å². The molecule has 0 aromatic heterocycles. The average Bonchev–Trinajstić information content (AvgIpc) is 2.53. The molecule has 2 N–H and O–H groups in total. The number of halogens is 5. The highest BCUT2D eigenvalue weighted by Gasteiger charge is 2.41. The predicted molar refractivity (Wildman–Crippen MR) is 81.3 cm³/mol. The van der Waals surface area contributed by atoms with Crippen LogP contribution in [0.15, 0.2) is 34.9 Å².